The van der Waals surface area contributed by atoms with E-state index >= 15 is 0 Å². The van der Waals surface area contributed by atoms with Crippen LogP contribution in [0.3, 0.4) is 0 Å². The van der Waals surface area contributed by atoms with Gasteiger partial charge in [-0.2, -0.15) is 0 Å². The molecule has 0 N–H and O–H groups in total. The first kappa shape index (κ1) is 13.8. The molecule has 0 amide bonds. The summed E-state index contributed by atoms with van der Waals surface area (Å²) in [5.41, 5.74) is 4.12. The Hall–Kier alpha value is -1.58. The van der Waals surface area contributed by atoms with Gasteiger partial charge in [0.15, 0.2) is 10.1 Å². The van der Waals surface area contributed by atoms with Crippen molar-refractivity contribution >= 4 is 34.5 Å². The first-order valence-electron chi connectivity index (χ1n) is 5.96. The lowest BCUT2D eigenvalue weighted by atomic mass is 10.1. The second-order valence-corrected chi connectivity index (χ2v) is 5.15. The highest BCUT2D eigenvalue weighted by Crippen LogP contribution is 2.10. The van der Waals surface area contributed by atoms with Gasteiger partial charge in [0.2, 0.25) is 0 Å². The van der Waals surface area contributed by atoms with E-state index in [9.17, 15) is 0 Å². The molecule has 0 aliphatic heterocycles. The van der Waals surface area contributed by atoms with Crippen LogP contribution in [0.5, 0.6) is 0 Å². The Bertz CT molecular complexity index is 542. The quantitative estimate of drug-likeness (QED) is 0.759. The third-order valence-corrected chi connectivity index (χ3v) is 3.40. The van der Waals surface area contributed by atoms with Crippen molar-refractivity contribution in [2.24, 2.45) is 0 Å². The zero-order valence-corrected chi connectivity index (χ0v) is 12.5. The monoisotopic (exact) mass is 286 g/mol. The minimum atomic E-state index is 0.408. The minimum Gasteiger partial charge on any atom is -0.433 e. The highest BCUT2D eigenvalue weighted by Gasteiger charge is 2.08. The standard InChI is InChI=1S/C16H14OS2/c1-11-3-7-13(8-4-11)15(18)17-16(19)14-9-5-12(2)6-10-14/h3-10H,1-2H3. The Balaban J connectivity index is 2.08. The van der Waals surface area contributed by atoms with Crippen molar-refractivity contribution in [2.45, 2.75) is 13.8 Å². The SMILES string of the molecule is Cc1ccc(C(=S)OC(=S)c2ccc(C)cc2)cc1. The zero-order chi connectivity index (χ0) is 13.8. The molecule has 19 heavy (non-hydrogen) atoms. The highest BCUT2D eigenvalue weighted by atomic mass is 32.1. The molecule has 0 spiro atoms. The van der Waals surface area contributed by atoms with Crippen molar-refractivity contribution in [1.29, 1.82) is 0 Å². The predicted octanol–water partition coefficient (Wildman–Crippen LogP) is 4.37. The molecule has 0 heterocycles. The molecule has 0 saturated heterocycles. The molecule has 1 nitrogen and oxygen atoms in total. The topological polar surface area (TPSA) is 9.23 Å². The summed E-state index contributed by atoms with van der Waals surface area (Å²) in [6.07, 6.45) is 0. The molecule has 2 rings (SSSR count). The maximum Gasteiger partial charge on any atom is 0.199 e. The summed E-state index contributed by atoms with van der Waals surface area (Å²) in [6.45, 7) is 4.06. The van der Waals surface area contributed by atoms with Crippen LogP contribution in [0.25, 0.3) is 0 Å². The molecule has 0 aliphatic rings. The Kier molecular flexibility index (Phi) is 4.40. The minimum absolute atomic E-state index is 0.408. The number of ether oxygens (including phenoxy) is 1. The lowest BCUT2D eigenvalue weighted by Crippen LogP contribution is -2.10. The van der Waals surface area contributed by atoms with E-state index in [0.717, 1.165) is 11.1 Å². The van der Waals surface area contributed by atoms with Crippen molar-refractivity contribution in [3.8, 4) is 0 Å². The van der Waals surface area contributed by atoms with E-state index in [4.69, 9.17) is 29.2 Å². The fourth-order valence-corrected chi connectivity index (χ4v) is 2.07. The van der Waals surface area contributed by atoms with Gasteiger partial charge in [-0.05, 0) is 38.3 Å². The predicted molar refractivity (Wildman–Crippen MR) is 86.8 cm³/mol. The second-order valence-electron chi connectivity index (χ2n) is 4.41. The Morgan fingerprint density at radius 1 is 0.684 bits per heavy atom. The van der Waals surface area contributed by atoms with E-state index < -0.39 is 0 Å². The van der Waals surface area contributed by atoms with E-state index in [1.807, 2.05) is 62.4 Å². The van der Waals surface area contributed by atoms with Gasteiger partial charge in [-0.3, -0.25) is 0 Å². The first-order valence-corrected chi connectivity index (χ1v) is 6.78. The lowest BCUT2D eigenvalue weighted by molar-refractivity contribution is 0.578. The van der Waals surface area contributed by atoms with Gasteiger partial charge >= 0.3 is 0 Å². The highest BCUT2D eigenvalue weighted by molar-refractivity contribution is 7.81. The van der Waals surface area contributed by atoms with Gasteiger partial charge in [-0.15, -0.1) is 0 Å². The van der Waals surface area contributed by atoms with Gasteiger partial charge in [0.1, 0.15) is 0 Å². The normalized spacial score (nSPS) is 10.0. The van der Waals surface area contributed by atoms with Gasteiger partial charge in [-0.25, -0.2) is 0 Å². The molecule has 0 radical (unpaired) electrons. The molecule has 3 heteroatoms. The summed E-state index contributed by atoms with van der Waals surface area (Å²) in [5, 5.41) is 0.816. The molecule has 0 fully saturated rings. The van der Waals surface area contributed by atoms with Crippen molar-refractivity contribution in [3.05, 3.63) is 70.8 Å². The Labute approximate surface area is 124 Å². The fraction of sp³-hybridized carbons (Fsp3) is 0.125. The van der Waals surface area contributed by atoms with Crippen LogP contribution in [0.1, 0.15) is 22.3 Å². The van der Waals surface area contributed by atoms with Crippen LogP contribution >= 0.6 is 24.4 Å². The van der Waals surface area contributed by atoms with Gasteiger partial charge < -0.3 is 4.74 Å². The van der Waals surface area contributed by atoms with Crippen molar-refractivity contribution < 1.29 is 4.74 Å². The molecule has 0 aromatic heterocycles. The van der Waals surface area contributed by atoms with Gasteiger partial charge in [0.25, 0.3) is 0 Å². The van der Waals surface area contributed by atoms with Gasteiger partial charge in [0, 0.05) is 11.1 Å². The van der Waals surface area contributed by atoms with Crippen LogP contribution in [0, 0.1) is 13.8 Å². The number of aryl methyl sites for hydroxylation is 2. The maximum absolute atomic E-state index is 5.57. The van der Waals surface area contributed by atoms with E-state index in [0.29, 0.717) is 10.1 Å². The molecule has 2 aromatic rings. The zero-order valence-electron chi connectivity index (χ0n) is 10.8. The molecular weight excluding hydrogens is 272 g/mol. The Morgan fingerprint density at radius 3 is 1.32 bits per heavy atom. The Morgan fingerprint density at radius 2 is 1.00 bits per heavy atom. The summed E-state index contributed by atoms with van der Waals surface area (Å²) in [7, 11) is 0. The van der Waals surface area contributed by atoms with Crippen LogP contribution in [0.15, 0.2) is 48.5 Å². The van der Waals surface area contributed by atoms with Crippen LogP contribution in [-0.4, -0.2) is 10.1 Å². The molecule has 0 unspecified atom stereocenters. The largest absolute Gasteiger partial charge is 0.433 e. The molecular formula is C16H14OS2. The summed E-state index contributed by atoms with van der Waals surface area (Å²) < 4.78 is 5.57. The number of thiocarbonyl (C=S) groups is 2. The van der Waals surface area contributed by atoms with Crippen molar-refractivity contribution in [3.63, 3.8) is 0 Å². The van der Waals surface area contributed by atoms with E-state index in [-0.39, 0.29) is 0 Å². The molecule has 0 aliphatic carbocycles. The number of hydrogen-bond acceptors (Lipinski definition) is 3. The second kappa shape index (κ2) is 6.04. The van der Waals surface area contributed by atoms with Crippen molar-refractivity contribution in [2.75, 3.05) is 0 Å². The molecule has 96 valence electrons. The first-order chi connectivity index (χ1) is 9.06. The number of benzene rings is 2. The van der Waals surface area contributed by atoms with Crippen LogP contribution in [0.4, 0.5) is 0 Å². The third kappa shape index (κ3) is 3.69. The average molecular weight is 286 g/mol. The summed E-state index contributed by atoms with van der Waals surface area (Å²) in [5.74, 6) is 0. The number of hydrogen-bond donors (Lipinski definition) is 0. The summed E-state index contributed by atoms with van der Waals surface area (Å²) >= 11 is 10.5. The fourth-order valence-electron chi connectivity index (χ4n) is 1.58. The van der Waals surface area contributed by atoms with Crippen LogP contribution in [0.2, 0.25) is 0 Å². The van der Waals surface area contributed by atoms with E-state index in [2.05, 4.69) is 0 Å². The van der Waals surface area contributed by atoms with Crippen LogP contribution < -0.4 is 0 Å². The number of rotatable bonds is 2. The summed E-state index contributed by atoms with van der Waals surface area (Å²) in [4.78, 5) is 0. The summed E-state index contributed by atoms with van der Waals surface area (Å²) in [6, 6.07) is 15.8. The van der Waals surface area contributed by atoms with E-state index in [1.165, 1.54) is 11.1 Å². The molecule has 0 atom stereocenters. The van der Waals surface area contributed by atoms with Gasteiger partial charge in [0.05, 0.1) is 0 Å². The van der Waals surface area contributed by atoms with Crippen molar-refractivity contribution in [1.82, 2.24) is 0 Å². The maximum atomic E-state index is 5.57. The lowest BCUT2D eigenvalue weighted by Gasteiger charge is -2.08. The van der Waals surface area contributed by atoms with Gasteiger partial charge in [-0.1, -0.05) is 59.7 Å². The molecule has 0 bridgehead atoms. The average Bonchev–Trinajstić information content (AvgIpc) is 2.40. The van der Waals surface area contributed by atoms with E-state index in [1.54, 1.807) is 0 Å². The molecule has 2 aromatic carbocycles. The smallest absolute Gasteiger partial charge is 0.199 e. The third-order valence-electron chi connectivity index (χ3n) is 2.76. The molecule has 0 saturated carbocycles. The van der Waals surface area contributed by atoms with Crippen LogP contribution in [-0.2, 0) is 4.74 Å².